The highest BCUT2D eigenvalue weighted by Crippen LogP contribution is 2.15. The average Bonchev–Trinajstić information content (AvgIpc) is 2.47. The first-order valence-electron chi connectivity index (χ1n) is 6.51. The van der Waals surface area contributed by atoms with Gasteiger partial charge in [-0.05, 0) is 31.5 Å². The van der Waals surface area contributed by atoms with E-state index in [0.717, 1.165) is 38.2 Å². The molecule has 1 fully saturated rings. The predicted octanol–water partition coefficient (Wildman–Crippen LogP) is 1.48. The first kappa shape index (κ1) is 14.0. The molecular formula is C14H20N2O3. The predicted molar refractivity (Wildman–Crippen MR) is 70.9 cm³/mol. The van der Waals surface area contributed by atoms with Crippen LogP contribution in [0.4, 0.5) is 0 Å². The van der Waals surface area contributed by atoms with E-state index in [1.165, 1.54) is 7.11 Å². The van der Waals surface area contributed by atoms with Crippen molar-refractivity contribution in [3.8, 4) is 0 Å². The van der Waals surface area contributed by atoms with Crippen molar-refractivity contribution in [1.82, 2.24) is 9.88 Å². The number of carbonyl (C=O) groups is 1. The zero-order valence-electron chi connectivity index (χ0n) is 11.5. The minimum Gasteiger partial charge on any atom is -0.465 e. The van der Waals surface area contributed by atoms with Crippen LogP contribution in [0.2, 0.25) is 0 Å². The summed E-state index contributed by atoms with van der Waals surface area (Å²) in [6.45, 7) is 2.80. The molecule has 0 amide bonds. The molecule has 0 N–H and O–H groups in total. The molecule has 19 heavy (non-hydrogen) atoms. The largest absolute Gasteiger partial charge is 0.465 e. The van der Waals surface area contributed by atoms with Crippen LogP contribution in [0.5, 0.6) is 0 Å². The number of rotatable bonds is 4. The van der Waals surface area contributed by atoms with Gasteiger partial charge in [0, 0.05) is 26.4 Å². The standard InChI is InChI=1S/C14H20N2O3/c1-18-13-4-3-7-16(10-13)9-12-6-5-11(8-15-12)14(17)19-2/h5-6,8,13H,3-4,7,9-10H2,1-2H3. The highest BCUT2D eigenvalue weighted by molar-refractivity contribution is 5.88. The highest BCUT2D eigenvalue weighted by atomic mass is 16.5. The lowest BCUT2D eigenvalue weighted by Crippen LogP contribution is -2.38. The Morgan fingerprint density at radius 3 is 2.95 bits per heavy atom. The van der Waals surface area contributed by atoms with Crippen LogP contribution in [0, 0.1) is 0 Å². The molecule has 1 aliphatic rings. The molecule has 0 spiro atoms. The van der Waals surface area contributed by atoms with E-state index in [1.54, 1.807) is 19.4 Å². The first-order valence-corrected chi connectivity index (χ1v) is 6.51. The number of carbonyl (C=O) groups excluding carboxylic acids is 1. The molecule has 0 aromatic carbocycles. The Balaban J connectivity index is 1.94. The van der Waals surface area contributed by atoms with Crippen LogP contribution < -0.4 is 0 Å². The number of nitrogens with zero attached hydrogens (tertiary/aromatic N) is 2. The molecule has 1 unspecified atom stereocenters. The molecule has 2 heterocycles. The summed E-state index contributed by atoms with van der Waals surface area (Å²) in [7, 11) is 3.13. The summed E-state index contributed by atoms with van der Waals surface area (Å²) in [5, 5.41) is 0. The number of likely N-dealkylation sites (tertiary alicyclic amines) is 1. The molecule has 5 nitrogen and oxygen atoms in total. The number of esters is 1. The van der Waals surface area contributed by atoms with Crippen molar-refractivity contribution in [3.05, 3.63) is 29.6 Å². The van der Waals surface area contributed by atoms with Crippen LogP contribution in [0.15, 0.2) is 18.3 Å². The number of pyridine rings is 1. The van der Waals surface area contributed by atoms with Crippen LogP contribution in [0.1, 0.15) is 28.9 Å². The highest BCUT2D eigenvalue weighted by Gasteiger charge is 2.19. The number of hydrogen-bond donors (Lipinski definition) is 0. The number of ether oxygens (including phenoxy) is 2. The van der Waals surface area contributed by atoms with Crippen LogP contribution >= 0.6 is 0 Å². The Morgan fingerprint density at radius 2 is 2.32 bits per heavy atom. The zero-order chi connectivity index (χ0) is 13.7. The Kier molecular flexibility index (Phi) is 4.87. The van der Waals surface area contributed by atoms with Gasteiger partial charge < -0.3 is 9.47 Å². The van der Waals surface area contributed by atoms with E-state index in [0.29, 0.717) is 11.7 Å². The Labute approximate surface area is 113 Å². The summed E-state index contributed by atoms with van der Waals surface area (Å²) < 4.78 is 10.0. The van der Waals surface area contributed by atoms with Crippen molar-refractivity contribution in [2.75, 3.05) is 27.3 Å². The molecule has 0 saturated carbocycles. The van der Waals surface area contributed by atoms with E-state index in [9.17, 15) is 4.79 Å². The lowest BCUT2D eigenvalue weighted by molar-refractivity contribution is 0.0281. The molecule has 1 aromatic heterocycles. The van der Waals surface area contributed by atoms with Crippen LogP contribution in [0.3, 0.4) is 0 Å². The Bertz CT molecular complexity index is 419. The lowest BCUT2D eigenvalue weighted by Gasteiger charge is -2.31. The second-order valence-electron chi connectivity index (χ2n) is 4.76. The van der Waals surface area contributed by atoms with Gasteiger partial charge in [-0.25, -0.2) is 4.79 Å². The SMILES string of the molecule is COC(=O)c1ccc(CN2CCCC(OC)C2)nc1. The van der Waals surface area contributed by atoms with Gasteiger partial charge in [-0.3, -0.25) is 9.88 Å². The van der Waals surface area contributed by atoms with Gasteiger partial charge in [0.1, 0.15) is 0 Å². The molecule has 0 radical (unpaired) electrons. The number of aromatic nitrogens is 1. The summed E-state index contributed by atoms with van der Waals surface area (Å²) in [5.74, 6) is -0.350. The normalized spacial score (nSPS) is 20.2. The van der Waals surface area contributed by atoms with Crippen LogP contribution in [-0.2, 0) is 16.0 Å². The minimum absolute atomic E-state index is 0.322. The summed E-state index contributed by atoms with van der Waals surface area (Å²) in [4.78, 5) is 17.9. The second-order valence-corrected chi connectivity index (χ2v) is 4.76. The van der Waals surface area contributed by atoms with Gasteiger partial charge >= 0.3 is 5.97 Å². The van der Waals surface area contributed by atoms with Crippen molar-refractivity contribution in [3.63, 3.8) is 0 Å². The van der Waals surface area contributed by atoms with E-state index in [1.807, 2.05) is 6.07 Å². The maximum Gasteiger partial charge on any atom is 0.339 e. The fourth-order valence-electron chi connectivity index (χ4n) is 2.33. The molecule has 5 heteroatoms. The lowest BCUT2D eigenvalue weighted by atomic mass is 10.1. The summed E-state index contributed by atoms with van der Waals surface area (Å²) >= 11 is 0. The topological polar surface area (TPSA) is 51.7 Å². The number of hydrogen-bond acceptors (Lipinski definition) is 5. The maximum absolute atomic E-state index is 11.3. The molecule has 1 atom stereocenters. The number of piperidine rings is 1. The van der Waals surface area contributed by atoms with Gasteiger partial charge in [0.15, 0.2) is 0 Å². The van der Waals surface area contributed by atoms with Gasteiger partial charge in [-0.1, -0.05) is 0 Å². The quantitative estimate of drug-likeness (QED) is 0.771. The third-order valence-electron chi connectivity index (χ3n) is 3.43. The molecule has 0 bridgehead atoms. The van der Waals surface area contributed by atoms with Crippen LogP contribution in [0.25, 0.3) is 0 Å². The molecule has 104 valence electrons. The second kappa shape index (κ2) is 6.63. The minimum atomic E-state index is -0.350. The van der Waals surface area contributed by atoms with E-state index in [4.69, 9.17) is 4.74 Å². The summed E-state index contributed by atoms with van der Waals surface area (Å²) in [5.41, 5.74) is 1.45. The Hall–Kier alpha value is -1.46. The maximum atomic E-state index is 11.3. The third kappa shape index (κ3) is 3.75. The molecule has 1 aliphatic heterocycles. The summed E-state index contributed by atoms with van der Waals surface area (Å²) in [6.07, 6.45) is 4.17. The molecule has 0 aliphatic carbocycles. The smallest absolute Gasteiger partial charge is 0.339 e. The van der Waals surface area contributed by atoms with Crippen molar-refractivity contribution < 1.29 is 14.3 Å². The van der Waals surface area contributed by atoms with Gasteiger partial charge in [-0.15, -0.1) is 0 Å². The van der Waals surface area contributed by atoms with Gasteiger partial charge in [0.05, 0.1) is 24.5 Å². The van der Waals surface area contributed by atoms with Crippen molar-refractivity contribution in [2.45, 2.75) is 25.5 Å². The summed E-state index contributed by atoms with van der Waals surface area (Å²) in [6, 6.07) is 3.63. The fraction of sp³-hybridized carbons (Fsp3) is 0.571. The average molecular weight is 264 g/mol. The fourth-order valence-corrected chi connectivity index (χ4v) is 2.33. The molecular weight excluding hydrogens is 244 g/mol. The Morgan fingerprint density at radius 1 is 1.47 bits per heavy atom. The molecule has 1 saturated heterocycles. The van der Waals surface area contributed by atoms with E-state index in [-0.39, 0.29) is 5.97 Å². The van der Waals surface area contributed by atoms with Crippen molar-refractivity contribution >= 4 is 5.97 Å². The number of methoxy groups -OCH3 is 2. The zero-order valence-corrected chi connectivity index (χ0v) is 11.5. The van der Waals surface area contributed by atoms with Gasteiger partial charge in [-0.2, -0.15) is 0 Å². The first-order chi connectivity index (χ1) is 9.22. The third-order valence-corrected chi connectivity index (χ3v) is 3.43. The molecule has 1 aromatic rings. The van der Waals surface area contributed by atoms with Gasteiger partial charge in [0.25, 0.3) is 0 Å². The van der Waals surface area contributed by atoms with E-state index in [2.05, 4.69) is 14.6 Å². The van der Waals surface area contributed by atoms with Gasteiger partial charge in [0.2, 0.25) is 0 Å². The van der Waals surface area contributed by atoms with Crippen molar-refractivity contribution in [1.29, 1.82) is 0 Å². The van der Waals surface area contributed by atoms with E-state index < -0.39 is 0 Å². The van der Waals surface area contributed by atoms with Crippen molar-refractivity contribution in [2.24, 2.45) is 0 Å². The monoisotopic (exact) mass is 264 g/mol. The van der Waals surface area contributed by atoms with E-state index >= 15 is 0 Å². The van der Waals surface area contributed by atoms with Crippen LogP contribution in [-0.4, -0.2) is 49.3 Å². The molecule has 2 rings (SSSR count).